The maximum Gasteiger partial charge on any atom is 0.133 e. The fourth-order valence-electron chi connectivity index (χ4n) is 1.76. The van der Waals surface area contributed by atoms with Gasteiger partial charge in [-0.15, -0.1) is 0 Å². The molecular formula is C12H15BrO2. The van der Waals surface area contributed by atoms with Crippen LogP contribution >= 0.6 is 15.9 Å². The third kappa shape index (κ3) is 1.91. The van der Waals surface area contributed by atoms with Crippen LogP contribution in [0.5, 0.6) is 5.75 Å². The second kappa shape index (κ2) is 3.80. The molecular weight excluding hydrogens is 256 g/mol. The molecule has 1 aliphatic rings. The Morgan fingerprint density at radius 1 is 1.40 bits per heavy atom. The normalized spacial score (nSPS) is 28.3. The highest BCUT2D eigenvalue weighted by Crippen LogP contribution is 2.43. The molecule has 3 heteroatoms. The zero-order chi connectivity index (χ0) is 11.1. The quantitative estimate of drug-likeness (QED) is 0.896. The topological polar surface area (TPSA) is 29.5 Å². The molecule has 1 aromatic rings. The van der Waals surface area contributed by atoms with Gasteiger partial charge in [-0.05, 0) is 28.1 Å². The van der Waals surface area contributed by atoms with Gasteiger partial charge in [-0.3, -0.25) is 0 Å². The van der Waals surface area contributed by atoms with E-state index in [9.17, 15) is 5.11 Å². The lowest BCUT2D eigenvalue weighted by Crippen LogP contribution is -2.56. The van der Waals surface area contributed by atoms with Crippen molar-refractivity contribution in [3.8, 4) is 5.75 Å². The number of rotatable bonds is 2. The molecule has 1 aromatic carbocycles. The Balaban J connectivity index is 2.08. The predicted molar refractivity (Wildman–Crippen MR) is 63.0 cm³/mol. The molecule has 82 valence electrons. The molecule has 0 aliphatic heterocycles. The Kier molecular flexibility index (Phi) is 2.77. The van der Waals surface area contributed by atoms with Crippen molar-refractivity contribution in [3.63, 3.8) is 0 Å². The lowest BCUT2D eigenvalue weighted by atomic mass is 9.66. The van der Waals surface area contributed by atoms with Crippen LogP contribution in [0.4, 0.5) is 0 Å². The van der Waals surface area contributed by atoms with Crippen LogP contribution in [0.1, 0.15) is 20.3 Å². The number of ether oxygens (including phenoxy) is 1. The van der Waals surface area contributed by atoms with Gasteiger partial charge in [0, 0.05) is 11.8 Å². The Morgan fingerprint density at radius 3 is 2.60 bits per heavy atom. The Morgan fingerprint density at radius 2 is 2.07 bits per heavy atom. The molecule has 1 aliphatic carbocycles. The van der Waals surface area contributed by atoms with Gasteiger partial charge in [-0.2, -0.15) is 0 Å². The number of benzene rings is 1. The standard InChI is InChI=1S/C12H15BrO2/c1-12(2)10(14)7-11(12)15-9-6-4-3-5-8(9)13/h3-6,10-11,14H,7H2,1-2H3. The summed E-state index contributed by atoms with van der Waals surface area (Å²) in [4.78, 5) is 0. The zero-order valence-electron chi connectivity index (χ0n) is 8.90. The predicted octanol–water partition coefficient (Wildman–Crippen LogP) is 2.99. The van der Waals surface area contributed by atoms with Gasteiger partial charge < -0.3 is 9.84 Å². The molecule has 0 aromatic heterocycles. The van der Waals surface area contributed by atoms with Gasteiger partial charge in [-0.1, -0.05) is 26.0 Å². The van der Waals surface area contributed by atoms with Crippen LogP contribution in [0.15, 0.2) is 28.7 Å². The maximum absolute atomic E-state index is 9.60. The molecule has 0 spiro atoms. The largest absolute Gasteiger partial charge is 0.488 e. The summed E-state index contributed by atoms with van der Waals surface area (Å²) in [5, 5.41) is 9.60. The van der Waals surface area contributed by atoms with Crippen molar-refractivity contribution in [2.45, 2.75) is 32.5 Å². The van der Waals surface area contributed by atoms with Gasteiger partial charge in [0.05, 0.1) is 10.6 Å². The van der Waals surface area contributed by atoms with Crippen molar-refractivity contribution >= 4 is 15.9 Å². The minimum absolute atomic E-state index is 0.103. The van der Waals surface area contributed by atoms with E-state index in [1.165, 1.54) is 0 Å². The summed E-state index contributed by atoms with van der Waals surface area (Å²) in [6, 6.07) is 7.79. The fourth-order valence-corrected chi connectivity index (χ4v) is 2.14. The van der Waals surface area contributed by atoms with E-state index in [1.807, 2.05) is 38.1 Å². The third-order valence-electron chi connectivity index (χ3n) is 3.23. The second-order valence-electron chi connectivity index (χ2n) is 4.61. The minimum atomic E-state index is -0.245. The average molecular weight is 271 g/mol. The average Bonchev–Trinajstić information content (AvgIpc) is 2.20. The summed E-state index contributed by atoms with van der Waals surface area (Å²) >= 11 is 3.44. The molecule has 0 saturated heterocycles. The number of hydrogen-bond donors (Lipinski definition) is 1. The molecule has 1 fully saturated rings. The van der Waals surface area contributed by atoms with Crippen LogP contribution in [-0.2, 0) is 0 Å². The van der Waals surface area contributed by atoms with Crippen molar-refractivity contribution in [2.75, 3.05) is 0 Å². The smallest absolute Gasteiger partial charge is 0.133 e. The second-order valence-corrected chi connectivity index (χ2v) is 5.46. The van der Waals surface area contributed by atoms with Crippen LogP contribution in [0.3, 0.4) is 0 Å². The van der Waals surface area contributed by atoms with Crippen molar-refractivity contribution in [2.24, 2.45) is 5.41 Å². The first-order valence-electron chi connectivity index (χ1n) is 5.11. The first-order chi connectivity index (χ1) is 7.01. The van der Waals surface area contributed by atoms with Crippen molar-refractivity contribution in [1.29, 1.82) is 0 Å². The van der Waals surface area contributed by atoms with Crippen molar-refractivity contribution in [1.82, 2.24) is 0 Å². The first-order valence-corrected chi connectivity index (χ1v) is 5.90. The van der Waals surface area contributed by atoms with E-state index in [0.29, 0.717) is 6.42 Å². The molecule has 0 amide bonds. The van der Waals surface area contributed by atoms with Crippen LogP contribution in [-0.4, -0.2) is 17.3 Å². The Bertz CT molecular complexity index is 362. The molecule has 2 unspecified atom stereocenters. The van der Waals surface area contributed by atoms with Crippen molar-refractivity contribution < 1.29 is 9.84 Å². The van der Waals surface area contributed by atoms with Gasteiger partial charge in [0.25, 0.3) is 0 Å². The van der Waals surface area contributed by atoms with Gasteiger partial charge in [-0.25, -0.2) is 0 Å². The number of aliphatic hydroxyl groups excluding tert-OH is 1. The highest BCUT2D eigenvalue weighted by atomic mass is 79.9. The van der Waals surface area contributed by atoms with Gasteiger partial charge >= 0.3 is 0 Å². The molecule has 2 nitrogen and oxygen atoms in total. The highest BCUT2D eigenvalue weighted by Gasteiger charge is 2.49. The first kappa shape index (κ1) is 11.0. The summed E-state index contributed by atoms with van der Waals surface area (Å²) in [6.45, 7) is 4.06. The number of aliphatic hydroxyl groups is 1. The third-order valence-corrected chi connectivity index (χ3v) is 3.89. The SMILES string of the molecule is CC1(C)C(O)CC1Oc1ccccc1Br. The minimum Gasteiger partial charge on any atom is -0.488 e. The lowest BCUT2D eigenvalue weighted by Gasteiger charge is -2.48. The van der Waals surface area contributed by atoms with E-state index in [4.69, 9.17) is 4.74 Å². The van der Waals surface area contributed by atoms with E-state index < -0.39 is 0 Å². The molecule has 0 heterocycles. The van der Waals surface area contributed by atoms with Crippen molar-refractivity contribution in [3.05, 3.63) is 28.7 Å². The summed E-state index contributed by atoms with van der Waals surface area (Å²) in [6.07, 6.45) is 0.574. The highest BCUT2D eigenvalue weighted by molar-refractivity contribution is 9.10. The van der Waals surface area contributed by atoms with Gasteiger partial charge in [0.15, 0.2) is 0 Å². The molecule has 1 N–H and O–H groups in total. The van der Waals surface area contributed by atoms with Gasteiger partial charge in [0.2, 0.25) is 0 Å². The summed E-state index contributed by atoms with van der Waals surface area (Å²) < 4.78 is 6.82. The monoisotopic (exact) mass is 270 g/mol. The molecule has 1 saturated carbocycles. The van der Waals surface area contributed by atoms with E-state index >= 15 is 0 Å². The number of halogens is 1. The fraction of sp³-hybridized carbons (Fsp3) is 0.500. The summed E-state index contributed by atoms with van der Waals surface area (Å²) in [5.74, 6) is 0.850. The molecule has 0 bridgehead atoms. The maximum atomic E-state index is 9.60. The van der Waals surface area contributed by atoms with E-state index in [0.717, 1.165) is 10.2 Å². The molecule has 0 radical (unpaired) electrons. The lowest BCUT2D eigenvalue weighted by molar-refractivity contribution is -0.134. The van der Waals surface area contributed by atoms with E-state index in [1.54, 1.807) is 0 Å². The number of para-hydroxylation sites is 1. The number of hydrogen-bond acceptors (Lipinski definition) is 2. The summed E-state index contributed by atoms with van der Waals surface area (Å²) in [5.41, 5.74) is -0.144. The van der Waals surface area contributed by atoms with Crippen LogP contribution in [0.25, 0.3) is 0 Å². The molecule has 2 atom stereocenters. The summed E-state index contributed by atoms with van der Waals surface area (Å²) in [7, 11) is 0. The van der Waals surface area contributed by atoms with Gasteiger partial charge in [0.1, 0.15) is 11.9 Å². The zero-order valence-corrected chi connectivity index (χ0v) is 10.5. The molecule has 2 rings (SSSR count). The van der Waals surface area contributed by atoms with Crippen LogP contribution in [0, 0.1) is 5.41 Å². The Hall–Kier alpha value is -0.540. The molecule has 15 heavy (non-hydrogen) atoms. The van der Waals surface area contributed by atoms with Crippen LogP contribution < -0.4 is 4.74 Å². The Labute approximate surface area is 98.4 Å². The van der Waals surface area contributed by atoms with Crippen LogP contribution in [0.2, 0.25) is 0 Å². The van der Waals surface area contributed by atoms with E-state index in [2.05, 4.69) is 15.9 Å². The van der Waals surface area contributed by atoms with E-state index in [-0.39, 0.29) is 17.6 Å².